The molecular weight excluding hydrogens is 368 g/mol. The van der Waals surface area contributed by atoms with Gasteiger partial charge in [-0.3, -0.25) is 14.4 Å². The molecular formula is C17H27ClO8. The summed E-state index contributed by atoms with van der Waals surface area (Å²) in [5.41, 5.74) is 0. The molecule has 26 heavy (non-hydrogen) atoms. The molecule has 4 atom stereocenters. The van der Waals surface area contributed by atoms with E-state index in [1.165, 1.54) is 20.8 Å². The second kappa shape index (κ2) is 12.1. The van der Waals surface area contributed by atoms with Crippen LogP contribution in [0.3, 0.4) is 0 Å². The molecule has 1 aliphatic heterocycles. The van der Waals surface area contributed by atoms with Gasteiger partial charge in [-0.15, -0.1) is 11.6 Å². The number of rotatable bonds is 10. The summed E-state index contributed by atoms with van der Waals surface area (Å²) in [5, 5.41) is 0. The summed E-state index contributed by atoms with van der Waals surface area (Å²) in [6, 6.07) is 0. The second-order valence-electron chi connectivity index (χ2n) is 5.97. The molecule has 1 rings (SSSR count). The van der Waals surface area contributed by atoms with Crippen LogP contribution >= 0.6 is 11.6 Å². The second-order valence-corrected chi connectivity index (χ2v) is 6.35. The molecule has 9 heteroatoms. The quantitative estimate of drug-likeness (QED) is 0.240. The Labute approximate surface area is 158 Å². The van der Waals surface area contributed by atoms with Crippen molar-refractivity contribution >= 4 is 29.5 Å². The Morgan fingerprint density at radius 1 is 0.885 bits per heavy atom. The summed E-state index contributed by atoms with van der Waals surface area (Å²) in [6.45, 7) is 4.03. The molecule has 0 spiro atoms. The normalized spacial score (nSPS) is 25.4. The van der Waals surface area contributed by atoms with Gasteiger partial charge in [0.25, 0.3) is 0 Å². The third kappa shape index (κ3) is 8.33. The van der Waals surface area contributed by atoms with Gasteiger partial charge in [0.1, 0.15) is 0 Å². The molecule has 1 heterocycles. The Bertz CT molecular complexity index is 470. The van der Waals surface area contributed by atoms with Crippen molar-refractivity contribution in [2.24, 2.45) is 0 Å². The van der Waals surface area contributed by atoms with Crippen molar-refractivity contribution in [1.29, 1.82) is 0 Å². The molecule has 1 saturated heterocycles. The first kappa shape index (κ1) is 22.7. The van der Waals surface area contributed by atoms with E-state index in [-0.39, 0.29) is 6.61 Å². The number of esters is 3. The molecule has 0 aromatic carbocycles. The summed E-state index contributed by atoms with van der Waals surface area (Å²) in [7, 11) is 0. The van der Waals surface area contributed by atoms with Gasteiger partial charge in [-0.05, 0) is 12.8 Å². The zero-order chi connectivity index (χ0) is 19.5. The number of alkyl halides is 1. The van der Waals surface area contributed by atoms with Crippen molar-refractivity contribution < 1.29 is 38.1 Å². The topological polar surface area (TPSA) is 97.4 Å². The van der Waals surface area contributed by atoms with Gasteiger partial charge in [0.15, 0.2) is 24.6 Å². The van der Waals surface area contributed by atoms with E-state index >= 15 is 0 Å². The summed E-state index contributed by atoms with van der Waals surface area (Å²) >= 11 is 5.63. The van der Waals surface area contributed by atoms with Crippen LogP contribution in [0, 0.1) is 0 Å². The van der Waals surface area contributed by atoms with E-state index in [0.29, 0.717) is 12.5 Å². The van der Waals surface area contributed by atoms with Gasteiger partial charge in [0, 0.05) is 33.3 Å². The van der Waals surface area contributed by atoms with E-state index < -0.39 is 42.5 Å². The lowest BCUT2D eigenvalue weighted by Gasteiger charge is -2.40. The van der Waals surface area contributed by atoms with E-state index in [2.05, 4.69) is 0 Å². The molecule has 1 fully saturated rings. The van der Waals surface area contributed by atoms with Crippen molar-refractivity contribution in [2.45, 2.75) is 71.1 Å². The van der Waals surface area contributed by atoms with Crippen molar-refractivity contribution in [2.75, 3.05) is 19.1 Å². The largest absolute Gasteiger partial charge is 0.456 e. The lowest BCUT2D eigenvalue weighted by Crippen LogP contribution is -2.58. The van der Waals surface area contributed by atoms with E-state index in [4.69, 9.17) is 35.3 Å². The SMILES string of the molecule is CC(=O)O[C@@H]1[C@@H](OC(C)=O)[C@@H](OCCCCCCCl)OC[C@H]1OC(C)=O. The predicted molar refractivity (Wildman–Crippen MR) is 91.5 cm³/mol. The molecule has 0 N–H and O–H groups in total. The van der Waals surface area contributed by atoms with Crippen LogP contribution < -0.4 is 0 Å². The summed E-state index contributed by atoms with van der Waals surface area (Å²) in [5.74, 6) is -1.11. The van der Waals surface area contributed by atoms with Gasteiger partial charge in [0.2, 0.25) is 0 Å². The zero-order valence-electron chi connectivity index (χ0n) is 15.4. The summed E-state index contributed by atoms with van der Waals surface area (Å²) in [4.78, 5) is 34.2. The van der Waals surface area contributed by atoms with Crippen molar-refractivity contribution in [3.05, 3.63) is 0 Å². The molecule has 0 bridgehead atoms. The molecule has 0 radical (unpaired) electrons. The van der Waals surface area contributed by atoms with Crippen molar-refractivity contribution in [3.8, 4) is 0 Å². The number of unbranched alkanes of at least 4 members (excludes halogenated alkanes) is 3. The number of halogens is 1. The van der Waals surface area contributed by atoms with Crippen LogP contribution in [0.2, 0.25) is 0 Å². The summed E-state index contributed by atoms with van der Waals surface area (Å²) < 4.78 is 26.9. The van der Waals surface area contributed by atoms with Crippen LogP contribution in [0.25, 0.3) is 0 Å². The number of hydrogen-bond acceptors (Lipinski definition) is 8. The van der Waals surface area contributed by atoms with Gasteiger partial charge in [-0.25, -0.2) is 0 Å². The lowest BCUT2D eigenvalue weighted by molar-refractivity contribution is -0.281. The van der Waals surface area contributed by atoms with Crippen LogP contribution in [-0.4, -0.2) is 61.6 Å². The molecule has 8 nitrogen and oxygen atoms in total. The van der Waals surface area contributed by atoms with Crippen molar-refractivity contribution in [1.82, 2.24) is 0 Å². The Kier molecular flexibility index (Phi) is 10.5. The molecule has 0 saturated carbocycles. The third-order valence-electron chi connectivity index (χ3n) is 3.61. The molecule has 0 amide bonds. The van der Waals surface area contributed by atoms with E-state index in [1.54, 1.807) is 0 Å². The highest BCUT2D eigenvalue weighted by atomic mass is 35.5. The Morgan fingerprint density at radius 3 is 2.04 bits per heavy atom. The van der Waals surface area contributed by atoms with Crippen LogP contribution in [0.15, 0.2) is 0 Å². The van der Waals surface area contributed by atoms with Gasteiger partial charge < -0.3 is 23.7 Å². The first-order valence-electron chi connectivity index (χ1n) is 8.66. The number of ether oxygens (including phenoxy) is 5. The van der Waals surface area contributed by atoms with Gasteiger partial charge in [0.05, 0.1) is 6.61 Å². The highest BCUT2D eigenvalue weighted by Crippen LogP contribution is 2.25. The van der Waals surface area contributed by atoms with Crippen LogP contribution in [0.1, 0.15) is 46.5 Å². The smallest absolute Gasteiger partial charge is 0.303 e. The first-order valence-corrected chi connectivity index (χ1v) is 9.19. The number of carbonyl (C=O) groups is 3. The minimum atomic E-state index is -1.03. The fraction of sp³-hybridized carbons (Fsp3) is 0.824. The monoisotopic (exact) mass is 394 g/mol. The first-order chi connectivity index (χ1) is 12.3. The number of carbonyl (C=O) groups excluding carboxylic acids is 3. The third-order valence-corrected chi connectivity index (χ3v) is 3.88. The maximum Gasteiger partial charge on any atom is 0.303 e. The Morgan fingerprint density at radius 2 is 1.46 bits per heavy atom. The highest BCUT2D eigenvalue weighted by molar-refractivity contribution is 6.17. The minimum Gasteiger partial charge on any atom is -0.456 e. The molecule has 0 unspecified atom stereocenters. The molecule has 1 aliphatic rings. The Hall–Kier alpha value is -1.38. The number of hydrogen-bond donors (Lipinski definition) is 0. The minimum absolute atomic E-state index is 0.0355. The zero-order valence-corrected chi connectivity index (χ0v) is 16.2. The van der Waals surface area contributed by atoms with E-state index in [0.717, 1.165) is 25.7 Å². The maximum atomic E-state index is 11.5. The van der Waals surface area contributed by atoms with Crippen LogP contribution in [-0.2, 0) is 38.1 Å². The lowest BCUT2D eigenvalue weighted by atomic mass is 10.0. The van der Waals surface area contributed by atoms with Gasteiger partial charge in [-0.1, -0.05) is 12.8 Å². The van der Waals surface area contributed by atoms with E-state index in [9.17, 15) is 14.4 Å². The average Bonchev–Trinajstić information content (AvgIpc) is 2.54. The molecule has 0 aromatic heterocycles. The maximum absolute atomic E-state index is 11.5. The fourth-order valence-corrected chi connectivity index (χ4v) is 2.79. The molecule has 0 aromatic rings. The van der Waals surface area contributed by atoms with E-state index in [1.807, 2.05) is 0 Å². The van der Waals surface area contributed by atoms with Crippen molar-refractivity contribution in [3.63, 3.8) is 0 Å². The molecule has 0 aliphatic carbocycles. The summed E-state index contributed by atoms with van der Waals surface area (Å²) in [6.07, 6.45) is -0.164. The van der Waals surface area contributed by atoms with Crippen LogP contribution in [0.4, 0.5) is 0 Å². The highest BCUT2D eigenvalue weighted by Gasteiger charge is 2.47. The Balaban J connectivity index is 2.74. The average molecular weight is 395 g/mol. The predicted octanol–water partition coefficient (Wildman–Crippen LogP) is 1.95. The fourth-order valence-electron chi connectivity index (χ4n) is 2.60. The molecule has 150 valence electrons. The van der Waals surface area contributed by atoms with Gasteiger partial charge >= 0.3 is 17.9 Å². The standard InChI is InChI=1S/C17H27ClO8/c1-11(19)24-14-10-23-17(22-9-7-5-4-6-8-18)16(26-13(3)21)15(14)25-12(2)20/h14-17H,4-10H2,1-3H3/t14-,15+,16-,17+/m1/s1. The van der Waals surface area contributed by atoms with Crippen LogP contribution in [0.5, 0.6) is 0 Å². The van der Waals surface area contributed by atoms with Gasteiger partial charge in [-0.2, -0.15) is 0 Å².